The number of allylic oxidation sites excluding steroid dienone is 2. The van der Waals surface area contributed by atoms with Crippen molar-refractivity contribution in [1.29, 1.82) is 0 Å². The molecule has 6 amide bonds. The van der Waals surface area contributed by atoms with Gasteiger partial charge in [0.05, 0.1) is 38.1 Å². The molecule has 2 saturated heterocycles. The van der Waals surface area contributed by atoms with Crippen molar-refractivity contribution in [2.24, 2.45) is 35.5 Å². The van der Waals surface area contributed by atoms with Crippen molar-refractivity contribution in [3.8, 4) is 5.75 Å². The van der Waals surface area contributed by atoms with E-state index in [9.17, 15) is 53.1 Å². The Bertz CT molecular complexity index is 2600. The molecule has 22 nitrogen and oxygen atoms in total. The summed E-state index contributed by atoms with van der Waals surface area (Å²) in [5, 5.41) is 23.5. The standard InChI is InChI=1S/C61H89N7O15/c1-14-36(8)52-48(69)30-51(71)83-54(35(6)7)53(72)37(9)55(73)64-43(26-33(2)3)58(76)68-25-17-19-45(68)59(77)67(12)47(28-39-21-23-41(80-13)24-22-39)61(79)81-38(10)44(31-62-52)65-57(75)46(27-34(4)5)66(11)50(70)32-63-56(74)42-29-40-18-15-16-20-49(40)82-60(42)78/h15-16,18,20-24,29,33-38,42-49,52,54,62,69H,14,17,19,25-28,30-32H2,1-13H3,(H,63,74)(H,64,73)(H,65,75)/t36-,37-,38+,42?,43-,44+,45-,46+,47-,48-,49?,52+,54-/m0/s1. The largest absolute Gasteiger partial charge is 0.497 e. The molecule has 458 valence electrons. The van der Waals surface area contributed by atoms with Gasteiger partial charge in [0.1, 0.15) is 42.1 Å². The van der Waals surface area contributed by atoms with Crippen LogP contribution in [0.4, 0.5) is 0 Å². The summed E-state index contributed by atoms with van der Waals surface area (Å²) >= 11 is 0. The SMILES string of the molecule is CC[C@H](C)[C@H]1NC[C@@H](NC(=O)[C@@H](CC(C)C)N(C)C(=O)CNC(=O)C2C=C3C=CC=CC3OC2=O)[C@@H](C)OC(=O)[C@H](Cc2ccc(OC)cc2)N(C)C(=O)[C@@H]2CCCN2C(=O)[C@H](CC(C)C)NC(=O)[C@@H](C)C(=O)[C@H](C(C)C)OC(=O)C[C@@H]1O. The lowest BCUT2D eigenvalue weighted by molar-refractivity contribution is -0.162. The van der Waals surface area contributed by atoms with E-state index in [1.165, 1.54) is 48.9 Å². The summed E-state index contributed by atoms with van der Waals surface area (Å²) in [5.41, 5.74) is 1.23. The number of amides is 6. The number of hydrogen-bond donors (Lipinski definition) is 5. The minimum absolute atomic E-state index is 0.0599. The lowest BCUT2D eigenvalue weighted by Gasteiger charge is -2.36. The van der Waals surface area contributed by atoms with Crippen molar-refractivity contribution in [1.82, 2.24) is 36.0 Å². The number of cyclic esters (lactones) is 2. The molecule has 5 N–H and O–H groups in total. The van der Waals surface area contributed by atoms with E-state index in [2.05, 4.69) is 21.3 Å². The number of ketones is 1. The first-order valence-electron chi connectivity index (χ1n) is 29.1. The van der Waals surface area contributed by atoms with Crippen LogP contribution in [0.1, 0.15) is 113 Å². The number of carbonyl (C=O) groups excluding carboxylic acids is 10. The first kappa shape index (κ1) is 66.9. The van der Waals surface area contributed by atoms with Crippen LogP contribution in [0.3, 0.4) is 0 Å². The Morgan fingerprint density at radius 1 is 0.904 bits per heavy atom. The maximum Gasteiger partial charge on any atom is 0.329 e. The number of hydrogen-bond acceptors (Lipinski definition) is 16. The number of esters is 3. The topological polar surface area (TPSA) is 286 Å². The van der Waals surface area contributed by atoms with E-state index in [1.807, 2.05) is 41.5 Å². The number of benzene rings is 1. The van der Waals surface area contributed by atoms with Crippen LogP contribution >= 0.6 is 0 Å². The highest BCUT2D eigenvalue weighted by Gasteiger charge is 2.44. The molecule has 4 aliphatic rings. The number of fused-ring (bicyclic) bond motifs is 2. The van der Waals surface area contributed by atoms with Gasteiger partial charge < -0.3 is 60.0 Å². The third kappa shape index (κ3) is 17.8. The summed E-state index contributed by atoms with van der Waals surface area (Å²) in [7, 11) is 4.36. The van der Waals surface area contributed by atoms with Gasteiger partial charge in [0.25, 0.3) is 0 Å². The van der Waals surface area contributed by atoms with E-state index >= 15 is 0 Å². The first-order chi connectivity index (χ1) is 39.2. The fourth-order valence-electron chi connectivity index (χ4n) is 10.7. The summed E-state index contributed by atoms with van der Waals surface area (Å²) in [4.78, 5) is 145. The molecule has 0 radical (unpaired) electrons. The molecule has 83 heavy (non-hydrogen) atoms. The number of rotatable bonds is 16. The number of aliphatic hydroxyl groups is 1. The summed E-state index contributed by atoms with van der Waals surface area (Å²) in [6.07, 6.45) is 4.46. The van der Waals surface area contributed by atoms with Crippen molar-refractivity contribution in [2.45, 2.75) is 175 Å². The van der Waals surface area contributed by atoms with Gasteiger partial charge in [-0.1, -0.05) is 98.2 Å². The lowest BCUT2D eigenvalue weighted by atomic mass is 9.91. The average molecular weight is 1160 g/mol. The zero-order valence-corrected chi connectivity index (χ0v) is 50.5. The molecule has 22 heteroatoms. The Morgan fingerprint density at radius 2 is 1.59 bits per heavy atom. The highest BCUT2D eigenvalue weighted by molar-refractivity contribution is 6.05. The number of carbonyl (C=O) groups is 10. The zero-order chi connectivity index (χ0) is 61.6. The van der Waals surface area contributed by atoms with Gasteiger partial charge in [0.15, 0.2) is 17.8 Å². The highest BCUT2D eigenvalue weighted by atomic mass is 16.6. The molecular formula is C61H89N7O15. The number of Topliss-reactive ketones (excluding diaryl/α,β-unsaturated/α-hetero) is 1. The summed E-state index contributed by atoms with van der Waals surface area (Å²) in [6.45, 7) is 16.7. The van der Waals surface area contributed by atoms with Gasteiger partial charge in [-0.25, -0.2) is 4.79 Å². The maximum atomic E-state index is 15.0. The fraction of sp³-hybridized carbons (Fsp3) is 0.639. The molecular weight excluding hydrogens is 1070 g/mol. The van der Waals surface area contributed by atoms with Gasteiger partial charge in [-0.05, 0) is 92.5 Å². The molecule has 0 bridgehead atoms. The minimum Gasteiger partial charge on any atom is -0.497 e. The molecule has 2 fully saturated rings. The van der Waals surface area contributed by atoms with Crippen LogP contribution in [-0.2, 0) is 68.6 Å². The number of nitrogens with zero attached hydrogens (tertiary/aromatic N) is 3. The van der Waals surface area contributed by atoms with E-state index in [4.69, 9.17) is 18.9 Å². The van der Waals surface area contributed by atoms with E-state index in [1.54, 1.807) is 69.3 Å². The number of aliphatic hydroxyl groups excluding tert-OH is 1. The van der Waals surface area contributed by atoms with Crippen molar-refractivity contribution < 1.29 is 72.0 Å². The number of nitrogens with one attached hydrogen (secondary N) is 4. The van der Waals surface area contributed by atoms with Crippen LogP contribution in [-0.4, -0.2) is 180 Å². The molecule has 0 spiro atoms. The Hall–Kier alpha value is -6.94. The Balaban J connectivity index is 1.54. The first-order valence-corrected chi connectivity index (χ1v) is 29.1. The van der Waals surface area contributed by atoms with Gasteiger partial charge in [0.2, 0.25) is 35.4 Å². The molecule has 3 aliphatic heterocycles. The van der Waals surface area contributed by atoms with E-state index in [0.717, 1.165) is 0 Å². The Kier molecular flexibility index (Phi) is 24.6. The van der Waals surface area contributed by atoms with Gasteiger partial charge in [-0.15, -0.1) is 0 Å². The van der Waals surface area contributed by atoms with Crippen LogP contribution in [0, 0.1) is 35.5 Å². The molecule has 0 aromatic heterocycles. The summed E-state index contributed by atoms with van der Waals surface area (Å²) in [6, 6.07) is 0.183. The van der Waals surface area contributed by atoms with Crippen molar-refractivity contribution >= 4 is 59.1 Å². The van der Waals surface area contributed by atoms with Crippen LogP contribution in [0.5, 0.6) is 5.75 Å². The van der Waals surface area contributed by atoms with Gasteiger partial charge in [-0.3, -0.25) is 43.2 Å². The van der Waals surface area contributed by atoms with Crippen LogP contribution in [0.2, 0.25) is 0 Å². The summed E-state index contributed by atoms with van der Waals surface area (Å²) in [5.74, 6) is -10.7. The second-order valence-corrected chi connectivity index (χ2v) is 23.6. The van der Waals surface area contributed by atoms with Gasteiger partial charge >= 0.3 is 17.9 Å². The van der Waals surface area contributed by atoms with Crippen LogP contribution in [0.25, 0.3) is 0 Å². The maximum absolute atomic E-state index is 15.0. The van der Waals surface area contributed by atoms with E-state index < -0.39 is 151 Å². The molecule has 1 aliphatic carbocycles. The van der Waals surface area contributed by atoms with Gasteiger partial charge in [0, 0.05) is 39.6 Å². The smallest absolute Gasteiger partial charge is 0.329 e. The highest BCUT2D eigenvalue weighted by Crippen LogP contribution is 2.28. The number of likely N-dealkylation sites (N-methyl/N-ethyl adjacent to an activating group) is 2. The molecule has 13 atom stereocenters. The lowest BCUT2D eigenvalue weighted by Crippen LogP contribution is -2.59. The second-order valence-electron chi connectivity index (χ2n) is 23.6. The van der Waals surface area contributed by atoms with Crippen LogP contribution in [0.15, 0.2) is 60.2 Å². The predicted molar refractivity (Wildman–Crippen MR) is 306 cm³/mol. The molecule has 1 aromatic carbocycles. The van der Waals surface area contributed by atoms with Crippen molar-refractivity contribution in [3.05, 3.63) is 65.8 Å². The molecule has 1 aromatic rings. The van der Waals surface area contributed by atoms with Crippen molar-refractivity contribution in [2.75, 3.05) is 40.8 Å². The zero-order valence-electron chi connectivity index (χ0n) is 50.5. The van der Waals surface area contributed by atoms with Crippen molar-refractivity contribution in [3.63, 3.8) is 0 Å². The normalized spacial score (nSPS) is 27.8. The molecule has 5 rings (SSSR count). The predicted octanol–water partition coefficient (Wildman–Crippen LogP) is 3.13. The van der Waals surface area contributed by atoms with E-state index in [0.29, 0.717) is 29.7 Å². The molecule has 3 heterocycles. The molecule has 2 unspecified atom stereocenters. The minimum atomic E-state index is -1.44. The van der Waals surface area contributed by atoms with Crippen LogP contribution < -0.4 is 26.0 Å². The Labute approximate surface area is 488 Å². The number of ether oxygens (including phenoxy) is 4. The quantitative estimate of drug-likeness (QED) is 0.0903. The fourth-order valence-corrected chi connectivity index (χ4v) is 10.7. The van der Waals surface area contributed by atoms with E-state index in [-0.39, 0.29) is 56.5 Å². The third-order valence-corrected chi connectivity index (χ3v) is 16.0. The average Bonchev–Trinajstić information content (AvgIpc) is 4.10. The third-order valence-electron chi connectivity index (χ3n) is 16.0. The second kappa shape index (κ2) is 30.6. The number of methoxy groups -OCH3 is 1. The Morgan fingerprint density at radius 3 is 2.22 bits per heavy atom. The monoisotopic (exact) mass is 1160 g/mol. The summed E-state index contributed by atoms with van der Waals surface area (Å²) < 4.78 is 22.9. The van der Waals surface area contributed by atoms with Gasteiger partial charge in [-0.2, -0.15) is 0 Å². The molecule has 0 saturated carbocycles.